The van der Waals surface area contributed by atoms with Crippen LogP contribution in [-0.2, 0) is 0 Å². The van der Waals surface area contributed by atoms with Crippen molar-refractivity contribution < 1.29 is 0 Å². The fourth-order valence-corrected chi connectivity index (χ4v) is 1.27. The lowest BCUT2D eigenvalue weighted by Gasteiger charge is -1.94. The molecular formula is C8H15Br. The molecule has 0 aromatic rings. The predicted octanol–water partition coefficient (Wildman–Crippen LogP) is 3.87. The van der Waals surface area contributed by atoms with Gasteiger partial charge in [-0.05, 0) is 23.7 Å². The van der Waals surface area contributed by atoms with Gasteiger partial charge in [0.25, 0.3) is 0 Å². The SMILES string of the molecule is CCC=C(Br)CCCC. The zero-order valence-corrected chi connectivity index (χ0v) is 7.87. The molecule has 0 N–H and O–H groups in total. The van der Waals surface area contributed by atoms with Crippen molar-refractivity contribution in [3.63, 3.8) is 0 Å². The van der Waals surface area contributed by atoms with E-state index in [1.165, 1.54) is 23.7 Å². The second-order valence-electron chi connectivity index (χ2n) is 2.16. The molecule has 9 heavy (non-hydrogen) atoms. The molecule has 0 heterocycles. The smallest absolute Gasteiger partial charge is 0.00893 e. The average Bonchev–Trinajstić information content (AvgIpc) is 1.85. The number of hydrogen-bond donors (Lipinski definition) is 0. The van der Waals surface area contributed by atoms with Gasteiger partial charge >= 0.3 is 0 Å². The second kappa shape index (κ2) is 6.34. The third kappa shape index (κ3) is 6.10. The lowest BCUT2D eigenvalue weighted by Crippen LogP contribution is -1.72. The van der Waals surface area contributed by atoms with E-state index in [1.54, 1.807) is 0 Å². The van der Waals surface area contributed by atoms with E-state index in [0.29, 0.717) is 0 Å². The van der Waals surface area contributed by atoms with E-state index >= 15 is 0 Å². The number of halogens is 1. The van der Waals surface area contributed by atoms with E-state index in [1.807, 2.05) is 0 Å². The van der Waals surface area contributed by atoms with Gasteiger partial charge in [-0.15, -0.1) is 0 Å². The van der Waals surface area contributed by atoms with Crippen molar-refractivity contribution in [1.29, 1.82) is 0 Å². The van der Waals surface area contributed by atoms with Gasteiger partial charge in [-0.2, -0.15) is 0 Å². The highest BCUT2D eigenvalue weighted by molar-refractivity contribution is 9.11. The largest absolute Gasteiger partial charge is 0.0746 e. The molecule has 0 nitrogen and oxygen atoms in total. The van der Waals surface area contributed by atoms with E-state index < -0.39 is 0 Å². The lowest BCUT2D eigenvalue weighted by molar-refractivity contribution is 0.808. The second-order valence-corrected chi connectivity index (χ2v) is 3.18. The summed E-state index contributed by atoms with van der Waals surface area (Å²) in [6.45, 7) is 4.37. The van der Waals surface area contributed by atoms with Crippen LogP contribution in [0.5, 0.6) is 0 Å². The minimum atomic E-state index is 1.14. The van der Waals surface area contributed by atoms with Crippen LogP contribution in [0.2, 0.25) is 0 Å². The van der Waals surface area contributed by atoms with Crippen LogP contribution in [0.3, 0.4) is 0 Å². The van der Waals surface area contributed by atoms with E-state index in [4.69, 9.17) is 0 Å². The molecule has 0 rings (SSSR count). The number of allylic oxidation sites excluding steroid dienone is 2. The maximum Gasteiger partial charge on any atom is -0.00893 e. The molecule has 0 unspecified atom stereocenters. The average molecular weight is 191 g/mol. The van der Waals surface area contributed by atoms with Crippen LogP contribution in [0.4, 0.5) is 0 Å². The molecule has 54 valence electrons. The molecule has 0 aromatic carbocycles. The molecule has 0 amide bonds. The van der Waals surface area contributed by atoms with Gasteiger partial charge in [0.2, 0.25) is 0 Å². The van der Waals surface area contributed by atoms with Crippen LogP contribution >= 0.6 is 15.9 Å². The van der Waals surface area contributed by atoms with Gasteiger partial charge in [0.1, 0.15) is 0 Å². The Morgan fingerprint density at radius 2 is 2.11 bits per heavy atom. The molecule has 0 radical (unpaired) electrons. The van der Waals surface area contributed by atoms with Gasteiger partial charge in [-0.25, -0.2) is 0 Å². The number of hydrogen-bond acceptors (Lipinski definition) is 0. The monoisotopic (exact) mass is 190 g/mol. The highest BCUT2D eigenvalue weighted by Gasteiger charge is 1.87. The van der Waals surface area contributed by atoms with E-state index in [2.05, 4.69) is 35.9 Å². The summed E-state index contributed by atoms with van der Waals surface area (Å²) in [5.74, 6) is 0. The fourth-order valence-electron chi connectivity index (χ4n) is 0.669. The van der Waals surface area contributed by atoms with Gasteiger partial charge in [0, 0.05) is 0 Å². The summed E-state index contributed by atoms with van der Waals surface area (Å²) in [4.78, 5) is 0. The highest BCUT2D eigenvalue weighted by atomic mass is 79.9. The molecular weight excluding hydrogens is 176 g/mol. The normalized spacial score (nSPS) is 12.1. The van der Waals surface area contributed by atoms with E-state index in [-0.39, 0.29) is 0 Å². The van der Waals surface area contributed by atoms with Crippen LogP contribution in [0.15, 0.2) is 10.6 Å². The minimum absolute atomic E-state index is 1.14. The van der Waals surface area contributed by atoms with Crippen molar-refractivity contribution in [3.8, 4) is 0 Å². The van der Waals surface area contributed by atoms with Gasteiger partial charge in [-0.1, -0.05) is 42.3 Å². The van der Waals surface area contributed by atoms with Crippen molar-refractivity contribution in [2.75, 3.05) is 0 Å². The molecule has 0 spiro atoms. The van der Waals surface area contributed by atoms with Crippen molar-refractivity contribution in [3.05, 3.63) is 10.6 Å². The molecule has 0 aliphatic carbocycles. The molecule has 0 atom stereocenters. The molecule has 0 saturated carbocycles. The molecule has 1 heteroatoms. The first-order valence-corrected chi connectivity index (χ1v) is 4.45. The Balaban J connectivity index is 3.25. The van der Waals surface area contributed by atoms with E-state index in [0.717, 1.165) is 6.42 Å². The standard InChI is InChI=1S/C8H15Br/c1-3-5-7-8(9)6-4-2/h6H,3-5,7H2,1-2H3. The zero-order chi connectivity index (χ0) is 7.11. The Morgan fingerprint density at radius 1 is 1.44 bits per heavy atom. The van der Waals surface area contributed by atoms with Crippen LogP contribution in [-0.4, -0.2) is 0 Å². The van der Waals surface area contributed by atoms with Crippen LogP contribution in [0.1, 0.15) is 39.5 Å². The Hall–Kier alpha value is 0.220. The minimum Gasteiger partial charge on any atom is -0.0746 e. The summed E-state index contributed by atoms with van der Waals surface area (Å²) < 4.78 is 1.37. The molecule has 0 aliphatic rings. The summed E-state index contributed by atoms with van der Waals surface area (Å²) in [6.07, 6.45) is 7.17. The van der Waals surface area contributed by atoms with Crippen LogP contribution < -0.4 is 0 Å². The Morgan fingerprint density at radius 3 is 2.56 bits per heavy atom. The Labute approximate surface area is 66.5 Å². The van der Waals surface area contributed by atoms with Gasteiger partial charge in [0.05, 0.1) is 0 Å². The summed E-state index contributed by atoms with van der Waals surface area (Å²) >= 11 is 3.50. The predicted molar refractivity (Wildman–Crippen MR) is 46.8 cm³/mol. The number of unbranched alkanes of at least 4 members (excludes halogenated alkanes) is 1. The number of rotatable bonds is 4. The molecule has 0 aliphatic heterocycles. The molecule has 0 saturated heterocycles. The molecule has 0 aromatic heterocycles. The van der Waals surface area contributed by atoms with Crippen molar-refractivity contribution in [2.24, 2.45) is 0 Å². The highest BCUT2D eigenvalue weighted by Crippen LogP contribution is 2.14. The van der Waals surface area contributed by atoms with Gasteiger partial charge in [0.15, 0.2) is 0 Å². The quantitative estimate of drug-likeness (QED) is 0.632. The maximum absolute atomic E-state index is 3.50. The first kappa shape index (κ1) is 9.22. The maximum atomic E-state index is 3.50. The molecule has 0 fully saturated rings. The third-order valence-corrected chi connectivity index (χ3v) is 1.92. The first-order chi connectivity index (χ1) is 4.31. The topological polar surface area (TPSA) is 0 Å². The Bertz CT molecular complexity index is 84.6. The summed E-state index contributed by atoms with van der Waals surface area (Å²) in [6, 6.07) is 0. The van der Waals surface area contributed by atoms with Crippen LogP contribution in [0.25, 0.3) is 0 Å². The lowest BCUT2D eigenvalue weighted by atomic mass is 10.2. The third-order valence-electron chi connectivity index (χ3n) is 1.19. The van der Waals surface area contributed by atoms with E-state index in [9.17, 15) is 0 Å². The first-order valence-electron chi connectivity index (χ1n) is 3.65. The van der Waals surface area contributed by atoms with Crippen molar-refractivity contribution in [2.45, 2.75) is 39.5 Å². The van der Waals surface area contributed by atoms with Crippen molar-refractivity contribution >= 4 is 15.9 Å². The molecule has 0 bridgehead atoms. The summed E-state index contributed by atoms with van der Waals surface area (Å²) in [5, 5.41) is 0. The Kier molecular flexibility index (Phi) is 6.50. The van der Waals surface area contributed by atoms with Crippen molar-refractivity contribution in [1.82, 2.24) is 0 Å². The van der Waals surface area contributed by atoms with Gasteiger partial charge in [-0.3, -0.25) is 0 Å². The zero-order valence-electron chi connectivity index (χ0n) is 6.28. The summed E-state index contributed by atoms with van der Waals surface area (Å²) in [7, 11) is 0. The summed E-state index contributed by atoms with van der Waals surface area (Å²) in [5.41, 5.74) is 0. The van der Waals surface area contributed by atoms with Gasteiger partial charge < -0.3 is 0 Å². The fraction of sp³-hybridized carbons (Fsp3) is 0.750. The van der Waals surface area contributed by atoms with Crippen LogP contribution in [0, 0.1) is 0 Å².